The normalized spacial score (nSPS) is 17.6. The summed E-state index contributed by atoms with van der Waals surface area (Å²) in [5, 5.41) is 6.93. The molecule has 25 heavy (non-hydrogen) atoms. The molecule has 0 radical (unpaired) electrons. The third-order valence-corrected chi connectivity index (χ3v) is 4.76. The van der Waals surface area contributed by atoms with Gasteiger partial charge in [0.15, 0.2) is 0 Å². The van der Waals surface area contributed by atoms with Crippen LogP contribution in [-0.4, -0.2) is 37.5 Å². The van der Waals surface area contributed by atoms with Crippen molar-refractivity contribution in [3.63, 3.8) is 0 Å². The topological polar surface area (TPSA) is 44.4 Å². The first kappa shape index (κ1) is 19.7. The third-order valence-electron chi connectivity index (χ3n) is 4.42. The second-order valence-electron chi connectivity index (χ2n) is 5.99. The van der Waals surface area contributed by atoms with Crippen molar-refractivity contribution in [2.24, 2.45) is 0 Å². The Morgan fingerprint density at radius 2 is 2.08 bits per heavy atom. The Morgan fingerprint density at radius 1 is 1.28 bits per heavy atom. The summed E-state index contributed by atoms with van der Waals surface area (Å²) in [6.45, 7) is 3.57. The van der Waals surface area contributed by atoms with Gasteiger partial charge in [0.25, 0.3) is 5.91 Å². The zero-order chi connectivity index (χ0) is 16.9. The van der Waals surface area contributed by atoms with E-state index in [0.717, 1.165) is 42.3 Å². The first-order valence-corrected chi connectivity index (χ1v) is 8.57. The molecule has 4 nitrogen and oxygen atoms in total. The minimum absolute atomic E-state index is 0. The van der Waals surface area contributed by atoms with Crippen LogP contribution in [0.15, 0.2) is 48.5 Å². The molecule has 1 fully saturated rings. The fourth-order valence-electron chi connectivity index (χ4n) is 3.18. The summed E-state index contributed by atoms with van der Waals surface area (Å²) in [5.74, 6) is -0.0557. The lowest BCUT2D eigenvalue weighted by Crippen LogP contribution is -2.45. The highest BCUT2D eigenvalue weighted by Gasteiger charge is 2.25. The van der Waals surface area contributed by atoms with Crippen LogP contribution in [0.5, 0.6) is 0 Å². The maximum Gasteiger partial charge on any atom is 0.251 e. The highest BCUT2D eigenvalue weighted by Crippen LogP contribution is 2.29. The van der Waals surface area contributed by atoms with Gasteiger partial charge in [-0.3, -0.25) is 9.69 Å². The smallest absolute Gasteiger partial charge is 0.251 e. The maximum absolute atomic E-state index is 11.8. The van der Waals surface area contributed by atoms with E-state index >= 15 is 0 Å². The first-order valence-electron chi connectivity index (χ1n) is 8.19. The summed E-state index contributed by atoms with van der Waals surface area (Å²) in [5.41, 5.74) is 2.98. The van der Waals surface area contributed by atoms with Crippen molar-refractivity contribution in [1.29, 1.82) is 0 Å². The van der Waals surface area contributed by atoms with E-state index < -0.39 is 0 Å². The van der Waals surface area contributed by atoms with Crippen LogP contribution in [0.4, 0.5) is 0 Å². The van der Waals surface area contributed by atoms with Gasteiger partial charge in [-0.15, -0.1) is 12.4 Å². The van der Waals surface area contributed by atoms with E-state index in [1.54, 1.807) is 7.05 Å². The van der Waals surface area contributed by atoms with Gasteiger partial charge in [0.1, 0.15) is 0 Å². The number of nitrogens with zero attached hydrogens (tertiary/aromatic N) is 1. The lowest BCUT2D eigenvalue weighted by Gasteiger charge is -2.37. The van der Waals surface area contributed by atoms with Gasteiger partial charge in [-0.2, -0.15) is 0 Å². The molecule has 3 rings (SSSR count). The molecule has 1 heterocycles. The van der Waals surface area contributed by atoms with E-state index in [-0.39, 0.29) is 24.4 Å². The van der Waals surface area contributed by atoms with E-state index in [9.17, 15) is 4.79 Å². The molecule has 0 aliphatic carbocycles. The predicted octanol–water partition coefficient (Wildman–Crippen LogP) is 3.27. The van der Waals surface area contributed by atoms with Crippen molar-refractivity contribution in [1.82, 2.24) is 15.5 Å². The number of nitrogens with one attached hydrogen (secondary N) is 2. The Kier molecular flexibility index (Phi) is 7.26. The van der Waals surface area contributed by atoms with E-state index in [4.69, 9.17) is 11.6 Å². The van der Waals surface area contributed by atoms with Gasteiger partial charge in [-0.1, -0.05) is 41.9 Å². The van der Waals surface area contributed by atoms with Crippen LogP contribution in [0.2, 0.25) is 5.02 Å². The lowest BCUT2D eigenvalue weighted by molar-refractivity contribution is 0.0962. The van der Waals surface area contributed by atoms with Crippen LogP contribution in [0, 0.1) is 0 Å². The summed E-state index contributed by atoms with van der Waals surface area (Å²) < 4.78 is 0. The fraction of sp³-hybridized carbons (Fsp3) is 0.316. The van der Waals surface area contributed by atoms with Crippen LogP contribution >= 0.6 is 24.0 Å². The molecule has 6 heteroatoms. The molecular formula is C19H23Cl2N3O. The second kappa shape index (κ2) is 9.20. The predicted molar refractivity (Wildman–Crippen MR) is 105 cm³/mol. The summed E-state index contributed by atoms with van der Waals surface area (Å²) in [6, 6.07) is 16.1. The quantitative estimate of drug-likeness (QED) is 0.856. The molecule has 0 aromatic heterocycles. The van der Waals surface area contributed by atoms with Crippen molar-refractivity contribution in [3.05, 3.63) is 70.2 Å². The maximum atomic E-state index is 11.8. The number of hydrogen-bond acceptors (Lipinski definition) is 3. The molecule has 2 aromatic rings. The van der Waals surface area contributed by atoms with Crippen LogP contribution < -0.4 is 10.6 Å². The Hall–Kier alpha value is -1.59. The van der Waals surface area contributed by atoms with Crippen molar-refractivity contribution >= 4 is 29.9 Å². The largest absolute Gasteiger partial charge is 0.355 e. The molecule has 1 aliphatic rings. The average molecular weight is 380 g/mol. The highest BCUT2D eigenvalue weighted by molar-refractivity contribution is 6.31. The van der Waals surface area contributed by atoms with Crippen LogP contribution in [0.1, 0.15) is 27.5 Å². The van der Waals surface area contributed by atoms with Crippen LogP contribution in [0.25, 0.3) is 0 Å². The Labute approximate surface area is 160 Å². The summed E-state index contributed by atoms with van der Waals surface area (Å²) >= 11 is 6.40. The van der Waals surface area contributed by atoms with E-state index in [1.165, 1.54) is 0 Å². The SMILES string of the molecule is CNC(=O)c1cccc(CN2CCNCC2c2ccccc2Cl)c1.Cl. The standard InChI is InChI=1S/C19H22ClN3O.ClH/c1-21-19(24)15-6-4-5-14(11-15)13-23-10-9-22-12-18(23)16-7-2-3-8-17(16)20;/h2-8,11,18,22H,9-10,12-13H2,1H3,(H,21,24);1H. The zero-order valence-electron chi connectivity index (χ0n) is 14.2. The molecule has 0 saturated carbocycles. The first-order chi connectivity index (χ1) is 11.7. The summed E-state index contributed by atoms with van der Waals surface area (Å²) in [6.07, 6.45) is 0. The lowest BCUT2D eigenvalue weighted by atomic mass is 10.0. The van der Waals surface area contributed by atoms with E-state index in [0.29, 0.717) is 5.56 Å². The van der Waals surface area contributed by atoms with E-state index in [1.807, 2.05) is 36.4 Å². The molecule has 1 aliphatic heterocycles. The number of rotatable bonds is 4. The zero-order valence-corrected chi connectivity index (χ0v) is 15.7. The molecule has 0 spiro atoms. The molecule has 1 unspecified atom stereocenters. The van der Waals surface area contributed by atoms with Crippen LogP contribution in [-0.2, 0) is 6.54 Å². The molecule has 1 atom stereocenters. The molecular weight excluding hydrogens is 357 g/mol. The van der Waals surface area contributed by atoms with Crippen molar-refractivity contribution in [2.45, 2.75) is 12.6 Å². The van der Waals surface area contributed by atoms with Gasteiger partial charge in [0, 0.05) is 49.9 Å². The fourth-order valence-corrected chi connectivity index (χ4v) is 3.44. The van der Waals surface area contributed by atoms with Gasteiger partial charge in [0.2, 0.25) is 0 Å². The monoisotopic (exact) mass is 379 g/mol. The van der Waals surface area contributed by atoms with Crippen LogP contribution in [0.3, 0.4) is 0 Å². The number of piperazine rings is 1. The molecule has 2 aromatic carbocycles. The van der Waals surface area contributed by atoms with Gasteiger partial charge in [-0.25, -0.2) is 0 Å². The number of carbonyl (C=O) groups excluding carboxylic acids is 1. The second-order valence-corrected chi connectivity index (χ2v) is 6.40. The Morgan fingerprint density at radius 3 is 2.84 bits per heavy atom. The molecule has 1 saturated heterocycles. The third kappa shape index (κ3) is 4.73. The molecule has 2 N–H and O–H groups in total. The minimum atomic E-state index is -0.0557. The van der Waals surface area contributed by atoms with Crippen molar-refractivity contribution < 1.29 is 4.79 Å². The van der Waals surface area contributed by atoms with E-state index in [2.05, 4.69) is 27.7 Å². The Bertz CT molecular complexity index is 723. The van der Waals surface area contributed by atoms with Gasteiger partial charge >= 0.3 is 0 Å². The minimum Gasteiger partial charge on any atom is -0.355 e. The number of amides is 1. The van der Waals surface area contributed by atoms with Crippen molar-refractivity contribution in [2.75, 3.05) is 26.7 Å². The highest BCUT2D eigenvalue weighted by atomic mass is 35.5. The number of carbonyl (C=O) groups is 1. The number of hydrogen-bond donors (Lipinski definition) is 2. The summed E-state index contributed by atoms with van der Waals surface area (Å²) in [4.78, 5) is 14.3. The number of benzene rings is 2. The average Bonchev–Trinajstić information content (AvgIpc) is 2.62. The Balaban J connectivity index is 0.00000225. The molecule has 0 bridgehead atoms. The number of halogens is 2. The summed E-state index contributed by atoms with van der Waals surface area (Å²) in [7, 11) is 1.65. The van der Waals surface area contributed by atoms with Crippen molar-refractivity contribution in [3.8, 4) is 0 Å². The van der Waals surface area contributed by atoms with Gasteiger partial charge < -0.3 is 10.6 Å². The molecule has 134 valence electrons. The molecule has 1 amide bonds. The van der Waals surface area contributed by atoms with Gasteiger partial charge in [0.05, 0.1) is 0 Å². The van der Waals surface area contributed by atoms with Gasteiger partial charge in [-0.05, 0) is 29.3 Å².